The molecule has 0 atom stereocenters. The highest BCUT2D eigenvalue weighted by Gasteiger charge is 2.10. The molecule has 3 N–H and O–H groups in total. The molecule has 0 aromatic heterocycles. The lowest BCUT2D eigenvalue weighted by atomic mass is 10.1. The number of rotatable bonds is 3. The number of amides is 2. The summed E-state index contributed by atoms with van der Waals surface area (Å²) in [6.45, 7) is 1.94. The van der Waals surface area contributed by atoms with Crippen molar-refractivity contribution < 1.29 is 9.59 Å². The fourth-order valence-corrected chi connectivity index (χ4v) is 1.84. The summed E-state index contributed by atoms with van der Waals surface area (Å²) in [4.78, 5) is 23.2. The van der Waals surface area contributed by atoms with Crippen molar-refractivity contribution in [2.75, 3.05) is 5.32 Å². The number of aryl methyl sites for hydroxylation is 1. The predicted molar refractivity (Wildman–Crippen MR) is 79.1 cm³/mol. The lowest BCUT2D eigenvalue weighted by Gasteiger charge is -2.08. The Balaban J connectivity index is 2.25. The van der Waals surface area contributed by atoms with Crippen LogP contribution >= 0.6 is 11.6 Å². The van der Waals surface area contributed by atoms with Gasteiger partial charge < -0.3 is 11.1 Å². The molecule has 0 aliphatic rings. The first-order valence-electron chi connectivity index (χ1n) is 5.95. The maximum absolute atomic E-state index is 12.1. The van der Waals surface area contributed by atoms with Crippen molar-refractivity contribution in [3.63, 3.8) is 0 Å². The molecule has 4 nitrogen and oxygen atoms in total. The zero-order chi connectivity index (χ0) is 14.7. The number of hydrogen-bond donors (Lipinski definition) is 2. The first-order chi connectivity index (χ1) is 9.47. The third kappa shape index (κ3) is 3.16. The van der Waals surface area contributed by atoms with Gasteiger partial charge in [-0.1, -0.05) is 29.3 Å². The van der Waals surface area contributed by atoms with E-state index in [0.29, 0.717) is 16.3 Å². The molecule has 2 amide bonds. The van der Waals surface area contributed by atoms with Crippen LogP contribution in [0.1, 0.15) is 26.3 Å². The number of benzene rings is 2. The minimum atomic E-state index is -0.576. The Morgan fingerprint density at radius 2 is 1.65 bits per heavy atom. The molecule has 0 radical (unpaired) electrons. The van der Waals surface area contributed by atoms with Gasteiger partial charge in [0.2, 0.25) is 5.91 Å². The molecule has 0 saturated heterocycles. The third-order valence-electron chi connectivity index (χ3n) is 2.81. The zero-order valence-electron chi connectivity index (χ0n) is 10.8. The smallest absolute Gasteiger partial charge is 0.255 e. The van der Waals surface area contributed by atoms with Crippen LogP contribution in [0.2, 0.25) is 5.02 Å². The zero-order valence-corrected chi connectivity index (χ0v) is 11.6. The van der Waals surface area contributed by atoms with E-state index in [1.165, 1.54) is 18.2 Å². The molecule has 0 heterocycles. The summed E-state index contributed by atoms with van der Waals surface area (Å²) < 4.78 is 0. The summed E-state index contributed by atoms with van der Waals surface area (Å²) in [6, 6.07) is 11.6. The summed E-state index contributed by atoms with van der Waals surface area (Å²) in [7, 11) is 0. The molecule has 0 aliphatic carbocycles. The fourth-order valence-electron chi connectivity index (χ4n) is 1.67. The van der Waals surface area contributed by atoms with E-state index in [4.69, 9.17) is 17.3 Å². The van der Waals surface area contributed by atoms with Crippen LogP contribution in [0.5, 0.6) is 0 Å². The van der Waals surface area contributed by atoms with Crippen LogP contribution < -0.4 is 11.1 Å². The molecule has 0 fully saturated rings. The van der Waals surface area contributed by atoms with E-state index in [2.05, 4.69) is 5.32 Å². The highest BCUT2D eigenvalue weighted by molar-refractivity contribution is 6.34. The Morgan fingerprint density at radius 3 is 2.25 bits per heavy atom. The molecule has 2 aromatic rings. The van der Waals surface area contributed by atoms with E-state index in [1.54, 1.807) is 12.1 Å². The lowest BCUT2D eigenvalue weighted by Crippen LogP contribution is -2.14. The first-order valence-corrected chi connectivity index (χ1v) is 6.32. The van der Waals surface area contributed by atoms with Gasteiger partial charge in [-0.25, -0.2) is 0 Å². The monoisotopic (exact) mass is 288 g/mol. The number of anilines is 1. The van der Waals surface area contributed by atoms with Crippen molar-refractivity contribution in [2.24, 2.45) is 5.73 Å². The highest BCUT2D eigenvalue weighted by atomic mass is 35.5. The van der Waals surface area contributed by atoms with Crippen LogP contribution in [0, 0.1) is 6.92 Å². The second-order valence-corrected chi connectivity index (χ2v) is 4.79. The molecular formula is C15H13ClN2O2. The summed E-state index contributed by atoms with van der Waals surface area (Å²) in [5.41, 5.74) is 7.41. The topological polar surface area (TPSA) is 72.2 Å². The van der Waals surface area contributed by atoms with Crippen LogP contribution in [0.25, 0.3) is 0 Å². The van der Waals surface area contributed by atoms with Gasteiger partial charge >= 0.3 is 0 Å². The lowest BCUT2D eigenvalue weighted by molar-refractivity contribution is 0.0996. The second kappa shape index (κ2) is 5.75. The Bertz CT molecular complexity index is 666. The maximum Gasteiger partial charge on any atom is 0.255 e. The highest BCUT2D eigenvalue weighted by Crippen LogP contribution is 2.23. The van der Waals surface area contributed by atoms with Crippen molar-refractivity contribution in [3.8, 4) is 0 Å². The second-order valence-electron chi connectivity index (χ2n) is 4.38. The van der Waals surface area contributed by atoms with Gasteiger partial charge in [-0.2, -0.15) is 0 Å². The van der Waals surface area contributed by atoms with Crippen molar-refractivity contribution in [3.05, 3.63) is 64.2 Å². The summed E-state index contributed by atoms with van der Waals surface area (Å²) in [5, 5.41) is 3.01. The van der Waals surface area contributed by atoms with E-state index in [1.807, 2.05) is 19.1 Å². The Hall–Kier alpha value is -2.33. The Kier molecular flexibility index (Phi) is 4.05. The molecule has 102 valence electrons. The first kappa shape index (κ1) is 14.1. The number of hydrogen-bond acceptors (Lipinski definition) is 2. The van der Waals surface area contributed by atoms with Gasteiger partial charge in [0, 0.05) is 11.1 Å². The van der Waals surface area contributed by atoms with Crippen LogP contribution in [0.3, 0.4) is 0 Å². The number of carbonyl (C=O) groups excluding carboxylic acids is 2. The predicted octanol–water partition coefficient (Wildman–Crippen LogP) is 3.00. The number of primary amides is 1. The Morgan fingerprint density at radius 1 is 1.05 bits per heavy atom. The van der Waals surface area contributed by atoms with Crippen LogP contribution in [-0.2, 0) is 0 Å². The third-order valence-corrected chi connectivity index (χ3v) is 3.14. The summed E-state index contributed by atoms with van der Waals surface area (Å²) in [5.74, 6) is -0.874. The molecule has 0 bridgehead atoms. The van der Waals surface area contributed by atoms with Gasteiger partial charge in [-0.3, -0.25) is 9.59 Å². The molecule has 0 saturated carbocycles. The van der Waals surface area contributed by atoms with E-state index in [9.17, 15) is 9.59 Å². The minimum Gasteiger partial charge on any atom is -0.366 e. The van der Waals surface area contributed by atoms with Gasteiger partial charge in [0.1, 0.15) is 0 Å². The van der Waals surface area contributed by atoms with Gasteiger partial charge in [-0.15, -0.1) is 0 Å². The van der Waals surface area contributed by atoms with Gasteiger partial charge in [0.15, 0.2) is 0 Å². The molecule has 20 heavy (non-hydrogen) atoms. The normalized spacial score (nSPS) is 10.1. The summed E-state index contributed by atoms with van der Waals surface area (Å²) in [6.07, 6.45) is 0. The van der Waals surface area contributed by atoms with Gasteiger partial charge in [0.05, 0.1) is 10.7 Å². The van der Waals surface area contributed by atoms with E-state index in [0.717, 1.165) is 5.56 Å². The van der Waals surface area contributed by atoms with Crippen molar-refractivity contribution in [1.82, 2.24) is 0 Å². The molecule has 2 aromatic carbocycles. The minimum absolute atomic E-state index is 0.286. The van der Waals surface area contributed by atoms with E-state index >= 15 is 0 Å². The molecule has 5 heteroatoms. The summed E-state index contributed by atoms with van der Waals surface area (Å²) >= 11 is 5.99. The van der Waals surface area contributed by atoms with Crippen molar-refractivity contribution >= 4 is 29.1 Å². The Labute approximate surface area is 121 Å². The van der Waals surface area contributed by atoms with Crippen LogP contribution in [0.15, 0.2) is 42.5 Å². The van der Waals surface area contributed by atoms with Crippen molar-refractivity contribution in [2.45, 2.75) is 6.92 Å². The SMILES string of the molecule is Cc1ccc(C(=O)Nc2cc(C(N)=O)ccc2Cl)cc1. The van der Waals surface area contributed by atoms with Gasteiger partial charge in [-0.05, 0) is 37.3 Å². The van der Waals surface area contributed by atoms with E-state index in [-0.39, 0.29) is 11.5 Å². The average molecular weight is 289 g/mol. The molecular weight excluding hydrogens is 276 g/mol. The average Bonchev–Trinajstić information content (AvgIpc) is 2.41. The standard InChI is InChI=1S/C15H13ClN2O2/c1-9-2-4-10(5-3-9)15(20)18-13-8-11(14(17)19)6-7-12(13)16/h2-8H,1H3,(H2,17,19)(H,18,20). The van der Waals surface area contributed by atoms with Crippen LogP contribution in [0.4, 0.5) is 5.69 Å². The van der Waals surface area contributed by atoms with Gasteiger partial charge in [0.25, 0.3) is 5.91 Å². The number of carbonyl (C=O) groups is 2. The largest absolute Gasteiger partial charge is 0.366 e. The van der Waals surface area contributed by atoms with Crippen molar-refractivity contribution in [1.29, 1.82) is 0 Å². The maximum atomic E-state index is 12.1. The number of halogens is 1. The quantitative estimate of drug-likeness (QED) is 0.911. The molecule has 0 aliphatic heterocycles. The number of nitrogens with two attached hydrogens (primary N) is 1. The molecule has 0 spiro atoms. The molecule has 2 rings (SSSR count). The van der Waals surface area contributed by atoms with E-state index < -0.39 is 5.91 Å². The molecule has 0 unspecified atom stereocenters. The van der Waals surface area contributed by atoms with Crippen LogP contribution in [-0.4, -0.2) is 11.8 Å². The fraction of sp³-hybridized carbons (Fsp3) is 0.0667. The number of nitrogens with one attached hydrogen (secondary N) is 1.